The van der Waals surface area contributed by atoms with Gasteiger partial charge in [-0.15, -0.1) is 0 Å². The van der Waals surface area contributed by atoms with Crippen LogP contribution in [0, 0.1) is 23.2 Å². The molecule has 2 amide bonds. The van der Waals surface area contributed by atoms with Gasteiger partial charge in [-0.2, -0.15) is 0 Å². The summed E-state index contributed by atoms with van der Waals surface area (Å²) in [6.45, 7) is 1.60. The molecule has 0 radical (unpaired) electrons. The van der Waals surface area contributed by atoms with E-state index in [1.165, 1.54) is 19.3 Å². The van der Waals surface area contributed by atoms with Crippen LogP contribution < -0.4 is 19.7 Å². The summed E-state index contributed by atoms with van der Waals surface area (Å²) < 4.78 is 11.2. The highest BCUT2D eigenvalue weighted by Crippen LogP contribution is 2.60. The van der Waals surface area contributed by atoms with E-state index in [2.05, 4.69) is 5.32 Å². The standard InChI is InChI=1S/C23H28N2O4/c26-21-8-17(13-25(21)18-1-2-19-20(9-18)29-4-3-28-19)24-22(27)23-10-14-5-15(11-23)7-16(6-14)12-23/h1-2,9,14-17H,3-8,10-13H2,(H,24,27)/t14?,15?,16?,17-,23?/m0/s1. The highest BCUT2D eigenvalue weighted by molar-refractivity contribution is 5.97. The number of nitrogens with one attached hydrogen (secondary N) is 1. The average Bonchev–Trinajstić information content (AvgIpc) is 3.06. The van der Waals surface area contributed by atoms with Crippen molar-refractivity contribution in [1.29, 1.82) is 0 Å². The van der Waals surface area contributed by atoms with Gasteiger partial charge in [0.1, 0.15) is 13.2 Å². The zero-order valence-electron chi connectivity index (χ0n) is 16.7. The van der Waals surface area contributed by atoms with Crippen molar-refractivity contribution in [3.05, 3.63) is 18.2 Å². The van der Waals surface area contributed by atoms with Crippen molar-refractivity contribution in [2.24, 2.45) is 23.2 Å². The lowest BCUT2D eigenvalue weighted by atomic mass is 9.49. The van der Waals surface area contributed by atoms with E-state index in [0.29, 0.717) is 31.9 Å². The van der Waals surface area contributed by atoms with Gasteiger partial charge in [0, 0.05) is 30.1 Å². The number of hydrogen-bond donors (Lipinski definition) is 1. The Bertz CT molecular complexity index is 831. The fourth-order valence-electron chi connectivity index (χ4n) is 6.98. The minimum atomic E-state index is -0.164. The van der Waals surface area contributed by atoms with E-state index >= 15 is 0 Å². The lowest BCUT2D eigenvalue weighted by molar-refractivity contribution is -0.146. The van der Waals surface area contributed by atoms with Crippen LogP contribution in [0.25, 0.3) is 0 Å². The molecule has 0 spiro atoms. The van der Waals surface area contributed by atoms with Crippen LogP contribution in [0.5, 0.6) is 11.5 Å². The normalized spacial score (nSPS) is 37.1. The second kappa shape index (κ2) is 6.38. The number of hydrogen-bond acceptors (Lipinski definition) is 4. The number of carbonyl (C=O) groups excluding carboxylic acids is 2. The first-order valence-corrected chi connectivity index (χ1v) is 11.1. The van der Waals surface area contributed by atoms with Gasteiger partial charge in [0.2, 0.25) is 11.8 Å². The summed E-state index contributed by atoms with van der Waals surface area (Å²) in [6, 6.07) is 5.51. The maximum atomic E-state index is 13.3. The van der Waals surface area contributed by atoms with Gasteiger partial charge in [0.25, 0.3) is 0 Å². The smallest absolute Gasteiger partial charge is 0.229 e. The quantitative estimate of drug-likeness (QED) is 0.853. The molecule has 29 heavy (non-hydrogen) atoms. The first kappa shape index (κ1) is 17.6. The summed E-state index contributed by atoms with van der Waals surface area (Å²) in [6.07, 6.45) is 7.50. The molecule has 1 atom stereocenters. The molecule has 1 aromatic carbocycles. The van der Waals surface area contributed by atoms with E-state index in [-0.39, 0.29) is 23.3 Å². The van der Waals surface area contributed by atoms with Gasteiger partial charge in [0.05, 0.1) is 6.04 Å². The lowest BCUT2D eigenvalue weighted by Crippen LogP contribution is -2.55. The van der Waals surface area contributed by atoms with E-state index in [0.717, 1.165) is 48.5 Å². The molecule has 6 aliphatic rings. The van der Waals surface area contributed by atoms with E-state index in [1.807, 2.05) is 18.2 Å². The molecule has 6 heteroatoms. The largest absolute Gasteiger partial charge is 0.486 e. The Kier molecular flexibility index (Phi) is 3.87. The Morgan fingerprint density at radius 2 is 1.66 bits per heavy atom. The second-order valence-corrected chi connectivity index (χ2v) is 9.90. The molecule has 4 saturated carbocycles. The fraction of sp³-hybridized carbons (Fsp3) is 0.652. The Hall–Kier alpha value is -2.24. The summed E-state index contributed by atoms with van der Waals surface area (Å²) in [5.74, 6) is 3.89. The average molecular weight is 396 g/mol. The van der Waals surface area contributed by atoms with E-state index < -0.39 is 0 Å². The Labute approximate surface area is 170 Å². The summed E-state index contributed by atoms with van der Waals surface area (Å²) in [5.41, 5.74) is 0.646. The SMILES string of the molecule is O=C1C[C@H](NC(=O)C23CC4CC(CC(C4)C2)C3)CN1c1ccc2c(c1)OCCO2. The van der Waals surface area contributed by atoms with E-state index in [9.17, 15) is 9.59 Å². The number of amides is 2. The third kappa shape index (κ3) is 2.90. The molecule has 4 bridgehead atoms. The molecule has 0 unspecified atom stereocenters. The summed E-state index contributed by atoms with van der Waals surface area (Å²) in [5, 5.41) is 3.27. The van der Waals surface area contributed by atoms with Crippen LogP contribution >= 0.6 is 0 Å². The van der Waals surface area contributed by atoms with Gasteiger partial charge in [-0.1, -0.05) is 0 Å². The van der Waals surface area contributed by atoms with Crippen LogP contribution in [0.15, 0.2) is 18.2 Å². The van der Waals surface area contributed by atoms with Crippen molar-refractivity contribution >= 4 is 17.5 Å². The molecule has 2 aliphatic heterocycles. The topological polar surface area (TPSA) is 67.9 Å². The number of fused-ring (bicyclic) bond motifs is 1. The van der Waals surface area contributed by atoms with Gasteiger partial charge in [-0.3, -0.25) is 9.59 Å². The second-order valence-electron chi connectivity index (χ2n) is 9.90. The van der Waals surface area contributed by atoms with E-state index in [1.54, 1.807) is 4.90 Å². The molecule has 0 aromatic heterocycles. The third-order valence-corrected chi connectivity index (χ3v) is 7.82. The van der Waals surface area contributed by atoms with Crippen LogP contribution in [-0.2, 0) is 9.59 Å². The zero-order valence-corrected chi connectivity index (χ0v) is 16.7. The van der Waals surface area contributed by atoms with Gasteiger partial charge in [0.15, 0.2) is 11.5 Å². The third-order valence-electron chi connectivity index (χ3n) is 7.82. The van der Waals surface area contributed by atoms with Crippen LogP contribution in [0.2, 0.25) is 0 Å². The number of carbonyl (C=O) groups is 2. The lowest BCUT2D eigenvalue weighted by Gasteiger charge is -2.55. The van der Waals surface area contributed by atoms with Gasteiger partial charge >= 0.3 is 0 Å². The first-order chi connectivity index (χ1) is 14.1. The van der Waals surface area contributed by atoms with Gasteiger partial charge in [-0.05, 0) is 68.4 Å². The molecule has 5 fully saturated rings. The highest BCUT2D eigenvalue weighted by atomic mass is 16.6. The first-order valence-electron chi connectivity index (χ1n) is 11.1. The molecular weight excluding hydrogens is 368 g/mol. The molecule has 154 valence electrons. The molecule has 4 aliphatic carbocycles. The van der Waals surface area contributed by atoms with Crippen molar-refractivity contribution in [3.63, 3.8) is 0 Å². The maximum Gasteiger partial charge on any atom is 0.229 e. The summed E-state index contributed by atoms with van der Waals surface area (Å²) >= 11 is 0. The number of ether oxygens (including phenoxy) is 2. The Balaban J connectivity index is 1.16. The molecular formula is C23H28N2O4. The van der Waals surface area contributed by atoms with Crippen LogP contribution in [0.3, 0.4) is 0 Å². The Morgan fingerprint density at radius 3 is 2.34 bits per heavy atom. The van der Waals surface area contributed by atoms with Crippen LogP contribution in [0.1, 0.15) is 44.9 Å². The minimum absolute atomic E-state index is 0.0532. The van der Waals surface area contributed by atoms with Gasteiger partial charge < -0.3 is 19.7 Å². The predicted molar refractivity (Wildman–Crippen MR) is 107 cm³/mol. The van der Waals surface area contributed by atoms with Gasteiger partial charge in [-0.25, -0.2) is 0 Å². The number of anilines is 1. The molecule has 1 aromatic rings. The maximum absolute atomic E-state index is 13.3. The molecule has 1 N–H and O–H groups in total. The number of benzene rings is 1. The monoisotopic (exact) mass is 396 g/mol. The van der Waals surface area contributed by atoms with E-state index in [4.69, 9.17) is 9.47 Å². The highest BCUT2D eigenvalue weighted by Gasteiger charge is 2.55. The van der Waals surface area contributed by atoms with Crippen molar-refractivity contribution in [3.8, 4) is 11.5 Å². The zero-order chi connectivity index (χ0) is 19.6. The summed E-state index contributed by atoms with van der Waals surface area (Å²) in [4.78, 5) is 27.8. The minimum Gasteiger partial charge on any atom is -0.486 e. The predicted octanol–water partition coefficient (Wildman–Crippen LogP) is 2.90. The van der Waals surface area contributed by atoms with Crippen molar-refractivity contribution in [2.75, 3.05) is 24.7 Å². The Morgan fingerprint density at radius 1 is 1.00 bits per heavy atom. The molecule has 2 heterocycles. The van der Waals surface area contributed by atoms with Crippen LogP contribution in [0.4, 0.5) is 5.69 Å². The summed E-state index contributed by atoms with van der Waals surface area (Å²) in [7, 11) is 0. The number of nitrogens with zero attached hydrogens (tertiary/aromatic N) is 1. The fourth-order valence-corrected chi connectivity index (χ4v) is 6.98. The molecule has 1 saturated heterocycles. The van der Waals surface area contributed by atoms with Crippen molar-refractivity contribution in [1.82, 2.24) is 5.32 Å². The molecule has 6 nitrogen and oxygen atoms in total. The van der Waals surface area contributed by atoms with Crippen molar-refractivity contribution < 1.29 is 19.1 Å². The number of rotatable bonds is 3. The molecule has 7 rings (SSSR count). The van der Waals surface area contributed by atoms with Crippen molar-refractivity contribution in [2.45, 2.75) is 51.0 Å². The van der Waals surface area contributed by atoms with Crippen LogP contribution in [-0.4, -0.2) is 37.6 Å².